The zero-order valence-corrected chi connectivity index (χ0v) is 11.5. The molecule has 1 aromatic carbocycles. The van der Waals surface area contributed by atoms with Gasteiger partial charge < -0.3 is 14.9 Å². The highest BCUT2D eigenvalue weighted by atomic mass is 32.1. The van der Waals surface area contributed by atoms with Crippen molar-refractivity contribution in [2.45, 2.75) is 32.9 Å². The highest BCUT2D eigenvalue weighted by molar-refractivity contribution is 7.71. The topological polar surface area (TPSA) is 49.8 Å². The molecule has 0 fully saturated rings. The van der Waals surface area contributed by atoms with Crippen LogP contribution < -0.4 is 5.32 Å². The van der Waals surface area contributed by atoms with Crippen LogP contribution >= 0.6 is 12.2 Å². The maximum absolute atomic E-state index is 12.1. The smallest absolute Gasteiger partial charge is 0.243 e. The fourth-order valence-electron chi connectivity index (χ4n) is 1.98. The van der Waals surface area contributed by atoms with Crippen LogP contribution in [-0.2, 0) is 4.79 Å². The number of aromatic amines is 1. The van der Waals surface area contributed by atoms with Crippen LogP contribution in [0, 0.1) is 4.77 Å². The summed E-state index contributed by atoms with van der Waals surface area (Å²) in [5, 5.41) is 2.90. The van der Waals surface area contributed by atoms with Gasteiger partial charge in [0.2, 0.25) is 5.91 Å². The molecule has 0 saturated heterocycles. The number of imidazole rings is 1. The Hall–Kier alpha value is -1.62. The van der Waals surface area contributed by atoms with Gasteiger partial charge in [-0.1, -0.05) is 12.1 Å². The van der Waals surface area contributed by atoms with Gasteiger partial charge in [0.05, 0.1) is 11.0 Å². The number of rotatable bonds is 3. The first-order chi connectivity index (χ1) is 8.50. The maximum atomic E-state index is 12.1. The lowest BCUT2D eigenvalue weighted by atomic mass is 10.2. The summed E-state index contributed by atoms with van der Waals surface area (Å²) in [4.78, 5) is 15.2. The fraction of sp³-hybridized carbons (Fsp3) is 0.385. The van der Waals surface area contributed by atoms with Gasteiger partial charge in [-0.3, -0.25) is 4.79 Å². The molecule has 18 heavy (non-hydrogen) atoms. The third-order valence-corrected chi connectivity index (χ3v) is 3.12. The van der Waals surface area contributed by atoms with Gasteiger partial charge in [-0.15, -0.1) is 0 Å². The van der Waals surface area contributed by atoms with Crippen molar-refractivity contribution in [1.29, 1.82) is 0 Å². The fourth-order valence-corrected chi connectivity index (χ4v) is 2.35. The van der Waals surface area contributed by atoms with E-state index in [1.807, 2.05) is 49.6 Å². The quantitative estimate of drug-likeness (QED) is 0.837. The van der Waals surface area contributed by atoms with E-state index in [2.05, 4.69) is 10.3 Å². The summed E-state index contributed by atoms with van der Waals surface area (Å²) in [6.45, 7) is 5.74. The van der Waals surface area contributed by atoms with Gasteiger partial charge in [-0.2, -0.15) is 0 Å². The molecule has 0 radical (unpaired) electrons. The Morgan fingerprint density at radius 2 is 2.00 bits per heavy atom. The van der Waals surface area contributed by atoms with Crippen molar-refractivity contribution >= 4 is 29.2 Å². The molecule has 1 aromatic heterocycles. The van der Waals surface area contributed by atoms with Gasteiger partial charge in [0.25, 0.3) is 0 Å². The summed E-state index contributed by atoms with van der Waals surface area (Å²) >= 11 is 5.29. The van der Waals surface area contributed by atoms with E-state index in [4.69, 9.17) is 12.2 Å². The number of para-hydroxylation sites is 2. The third kappa shape index (κ3) is 2.31. The predicted molar refractivity (Wildman–Crippen MR) is 75.1 cm³/mol. The number of aromatic nitrogens is 2. The van der Waals surface area contributed by atoms with Crippen molar-refractivity contribution < 1.29 is 4.79 Å². The Morgan fingerprint density at radius 1 is 1.33 bits per heavy atom. The molecule has 1 heterocycles. The molecular weight excluding hydrogens is 246 g/mol. The number of benzene rings is 1. The molecule has 0 aliphatic carbocycles. The van der Waals surface area contributed by atoms with E-state index in [9.17, 15) is 4.79 Å². The molecule has 0 saturated carbocycles. The van der Waals surface area contributed by atoms with Gasteiger partial charge in [0.15, 0.2) is 4.77 Å². The highest BCUT2D eigenvalue weighted by Gasteiger charge is 2.18. The molecule has 2 aromatic rings. The van der Waals surface area contributed by atoms with E-state index in [1.165, 1.54) is 0 Å². The van der Waals surface area contributed by atoms with Crippen LogP contribution in [0.5, 0.6) is 0 Å². The van der Waals surface area contributed by atoms with Crippen LogP contribution in [0.3, 0.4) is 0 Å². The molecule has 2 N–H and O–H groups in total. The minimum absolute atomic E-state index is 0.0224. The number of fused-ring (bicyclic) bond motifs is 1. The number of hydrogen-bond acceptors (Lipinski definition) is 2. The van der Waals surface area contributed by atoms with E-state index in [1.54, 1.807) is 0 Å². The number of carbonyl (C=O) groups excluding carboxylic acids is 1. The summed E-state index contributed by atoms with van der Waals surface area (Å²) < 4.78 is 2.42. The highest BCUT2D eigenvalue weighted by Crippen LogP contribution is 2.18. The van der Waals surface area contributed by atoms with Gasteiger partial charge in [0.1, 0.15) is 6.04 Å². The van der Waals surface area contributed by atoms with Gasteiger partial charge >= 0.3 is 0 Å². The summed E-state index contributed by atoms with van der Waals surface area (Å²) in [7, 11) is 0. The molecular formula is C13H17N3OS. The standard InChI is InChI=1S/C13H17N3OS/c1-8(2)14-12(17)9(3)16-11-7-5-4-6-10(11)15-13(16)18/h4-9H,1-3H3,(H,14,17)(H,15,18). The van der Waals surface area contributed by atoms with E-state index in [0.29, 0.717) is 4.77 Å². The number of carbonyl (C=O) groups is 1. The van der Waals surface area contributed by atoms with Crippen molar-refractivity contribution in [3.8, 4) is 0 Å². The molecule has 96 valence electrons. The van der Waals surface area contributed by atoms with Crippen LogP contribution in [0.1, 0.15) is 26.8 Å². The van der Waals surface area contributed by atoms with E-state index in [-0.39, 0.29) is 18.0 Å². The van der Waals surface area contributed by atoms with Crippen molar-refractivity contribution in [2.75, 3.05) is 0 Å². The number of hydrogen-bond donors (Lipinski definition) is 2. The molecule has 2 rings (SSSR count). The minimum atomic E-state index is -0.323. The van der Waals surface area contributed by atoms with Gasteiger partial charge in [0, 0.05) is 6.04 Å². The zero-order valence-electron chi connectivity index (χ0n) is 10.7. The van der Waals surface area contributed by atoms with Crippen LogP contribution in [0.15, 0.2) is 24.3 Å². The summed E-state index contributed by atoms with van der Waals surface area (Å²) in [5.41, 5.74) is 1.90. The number of H-pyrrole nitrogens is 1. The van der Waals surface area contributed by atoms with Gasteiger partial charge in [-0.25, -0.2) is 0 Å². The second-order valence-corrected chi connectivity index (χ2v) is 5.04. The Balaban J connectivity index is 2.44. The molecule has 0 bridgehead atoms. The zero-order chi connectivity index (χ0) is 13.3. The lowest BCUT2D eigenvalue weighted by molar-refractivity contribution is -0.124. The second-order valence-electron chi connectivity index (χ2n) is 4.66. The molecule has 5 heteroatoms. The van der Waals surface area contributed by atoms with Crippen molar-refractivity contribution in [1.82, 2.24) is 14.9 Å². The lowest BCUT2D eigenvalue weighted by Crippen LogP contribution is -2.35. The molecule has 1 amide bonds. The van der Waals surface area contributed by atoms with Crippen LogP contribution in [0.4, 0.5) is 0 Å². The first-order valence-corrected chi connectivity index (χ1v) is 6.41. The Kier molecular flexibility index (Phi) is 3.52. The number of nitrogens with zero attached hydrogens (tertiary/aromatic N) is 1. The Morgan fingerprint density at radius 3 is 2.67 bits per heavy atom. The predicted octanol–water partition coefficient (Wildman–Crippen LogP) is 2.78. The van der Waals surface area contributed by atoms with Crippen LogP contribution in [0.25, 0.3) is 11.0 Å². The maximum Gasteiger partial charge on any atom is 0.243 e. The van der Waals surface area contributed by atoms with Crippen LogP contribution in [-0.4, -0.2) is 21.5 Å². The van der Waals surface area contributed by atoms with E-state index >= 15 is 0 Å². The molecule has 0 spiro atoms. The average Bonchev–Trinajstić information content (AvgIpc) is 2.63. The Labute approximate surface area is 111 Å². The third-order valence-electron chi connectivity index (χ3n) is 2.82. The van der Waals surface area contributed by atoms with Crippen molar-refractivity contribution in [3.63, 3.8) is 0 Å². The average molecular weight is 263 g/mol. The van der Waals surface area contributed by atoms with E-state index < -0.39 is 0 Å². The van der Waals surface area contributed by atoms with Gasteiger partial charge in [-0.05, 0) is 45.1 Å². The van der Waals surface area contributed by atoms with Crippen molar-refractivity contribution in [2.24, 2.45) is 0 Å². The van der Waals surface area contributed by atoms with Crippen LogP contribution in [0.2, 0.25) is 0 Å². The normalized spacial score (nSPS) is 12.9. The van der Waals surface area contributed by atoms with E-state index in [0.717, 1.165) is 11.0 Å². The first kappa shape index (κ1) is 12.8. The molecule has 0 aliphatic heterocycles. The second kappa shape index (κ2) is 4.94. The Bertz CT molecular complexity index is 626. The number of nitrogens with one attached hydrogen (secondary N) is 2. The molecule has 1 atom stereocenters. The number of amides is 1. The monoisotopic (exact) mass is 263 g/mol. The minimum Gasteiger partial charge on any atom is -0.352 e. The SMILES string of the molecule is CC(C)NC(=O)C(C)n1c(=S)[nH]c2ccccc21. The lowest BCUT2D eigenvalue weighted by Gasteiger charge is -2.16. The molecule has 4 nitrogen and oxygen atoms in total. The molecule has 1 unspecified atom stereocenters. The molecule has 0 aliphatic rings. The first-order valence-electron chi connectivity index (χ1n) is 6.00. The largest absolute Gasteiger partial charge is 0.352 e. The summed E-state index contributed by atoms with van der Waals surface area (Å²) in [6.07, 6.45) is 0. The summed E-state index contributed by atoms with van der Waals surface area (Å²) in [5.74, 6) is -0.0224. The van der Waals surface area contributed by atoms with Crippen molar-refractivity contribution in [3.05, 3.63) is 29.0 Å². The summed E-state index contributed by atoms with van der Waals surface area (Å²) in [6, 6.07) is 7.59.